The molecule has 1 aromatic carbocycles. The molecule has 1 aliphatic heterocycles. The molecule has 0 spiro atoms. The zero-order chi connectivity index (χ0) is 30.2. The molecule has 0 unspecified atom stereocenters. The number of benzene rings is 1. The highest BCUT2D eigenvalue weighted by molar-refractivity contribution is 7.93. The van der Waals surface area contributed by atoms with Crippen molar-refractivity contribution in [1.29, 1.82) is 0 Å². The highest BCUT2D eigenvalue weighted by atomic mass is 35.5. The van der Waals surface area contributed by atoms with Crippen molar-refractivity contribution in [2.45, 2.75) is 44.3 Å². The average Bonchev–Trinajstić information content (AvgIpc) is 3.26. The molecule has 16 heteroatoms. The second-order valence-electron chi connectivity index (χ2n) is 9.62. The number of hydrogen-bond acceptors (Lipinski definition) is 10. The molecule has 0 saturated carbocycles. The van der Waals surface area contributed by atoms with Gasteiger partial charge in [0.15, 0.2) is 28.8 Å². The van der Waals surface area contributed by atoms with Crippen LogP contribution < -0.4 is 14.2 Å². The van der Waals surface area contributed by atoms with Crippen molar-refractivity contribution in [2.24, 2.45) is 0 Å². The van der Waals surface area contributed by atoms with Crippen LogP contribution in [0.15, 0.2) is 42.9 Å². The lowest BCUT2D eigenvalue weighted by Gasteiger charge is -2.26. The van der Waals surface area contributed by atoms with E-state index in [1.165, 1.54) is 43.3 Å². The van der Waals surface area contributed by atoms with Gasteiger partial charge in [-0.2, -0.15) is 0 Å². The summed E-state index contributed by atoms with van der Waals surface area (Å²) < 4.78 is 77.6. The molecule has 0 aliphatic carbocycles. The quantitative estimate of drug-likeness (QED) is 0.286. The Bertz CT molecular complexity index is 1710. The van der Waals surface area contributed by atoms with Crippen LogP contribution in [0.1, 0.15) is 44.3 Å². The number of pyridine rings is 1. The van der Waals surface area contributed by atoms with Gasteiger partial charge in [-0.3, -0.25) is 9.29 Å². The third-order valence-electron chi connectivity index (χ3n) is 6.48. The molecule has 3 atom stereocenters. The first-order chi connectivity index (χ1) is 20.0. The fourth-order valence-electron chi connectivity index (χ4n) is 4.47. The Morgan fingerprint density at radius 1 is 1.12 bits per heavy atom. The van der Waals surface area contributed by atoms with Crippen LogP contribution >= 0.6 is 11.6 Å². The van der Waals surface area contributed by atoms with E-state index in [1.54, 1.807) is 19.9 Å². The van der Waals surface area contributed by atoms with Gasteiger partial charge in [0.1, 0.15) is 35.6 Å². The van der Waals surface area contributed by atoms with Gasteiger partial charge in [0.25, 0.3) is 0 Å². The first-order valence-electron chi connectivity index (χ1n) is 12.7. The number of sulfonamides is 1. The molecule has 0 amide bonds. The van der Waals surface area contributed by atoms with Crippen molar-refractivity contribution in [3.05, 3.63) is 70.9 Å². The standard InChI is InChI=1S/C26H26ClF2N7O5S/c1-13(2)41-22(24-31-10-15(27)11-32-24)14(3)42(37,38)35-26-34-33-25-21-23(20(39-4)7-8-30-21)40-12-19(36(25)26)17-6-5-16(28)9-18(17)29/h5-11,13-14,19,22H,12H2,1-4H3,(H,34,35)/t14-,19-,22+/m0/s1. The van der Waals surface area contributed by atoms with Crippen LogP contribution in [0.3, 0.4) is 0 Å². The Hall–Kier alpha value is -3.95. The highest BCUT2D eigenvalue weighted by Gasteiger charge is 2.38. The summed E-state index contributed by atoms with van der Waals surface area (Å²) in [5, 5.41) is 7.30. The number of hydrogen-bond donors (Lipinski definition) is 1. The average molecular weight is 622 g/mol. The molecule has 0 bridgehead atoms. The molecular weight excluding hydrogens is 596 g/mol. The van der Waals surface area contributed by atoms with Crippen molar-refractivity contribution < 1.29 is 31.4 Å². The molecule has 42 heavy (non-hydrogen) atoms. The fraction of sp³-hybridized carbons (Fsp3) is 0.346. The molecule has 12 nitrogen and oxygen atoms in total. The van der Waals surface area contributed by atoms with Gasteiger partial charge >= 0.3 is 0 Å². The van der Waals surface area contributed by atoms with Gasteiger partial charge < -0.3 is 14.2 Å². The molecule has 0 saturated heterocycles. The van der Waals surface area contributed by atoms with E-state index in [9.17, 15) is 12.8 Å². The molecule has 222 valence electrons. The van der Waals surface area contributed by atoms with Crippen molar-refractivity contribution in [3.8, 4) is 23.0 Å². The molecule has 0 fully saturated rings. The zero-order valence-electron chi connectivity index (χ0n) is 22.8. The maximum absolute atomic E-state index is 15.1. The lowest BCUT2D eigenvalue weighted by atomic mass is 10.1. The van der Waals surface area contributed by atoms with Gasteiger partial charge in [-0.05, 0) is 26.8 Å². The third-order valence-corrected chi connectivity index (χ3v) is 8.37. The topological polar surface area (TPSA) is 143 Å². The zero-order valence-corrected chi connectivity index (χ0v) is 24.4. The summed E-state index contributed by atoms with van der Waals surface area (Å²) in [4.78, 5) is 12.6. The van der Waals surface area contributed by atoms with Crippen molar-refractivity contribution >= 4 is 27.6 Å². The molecule has 4 heterocycles. The van der Waals surface area contributed by atoms with E-state index in [0.717, 1.165) is 12.1 Å². The van der Waals surface area contributed by atoms with Gasteiger partial charge in [-0.1, -0.05) is 17.7 Å². The summed E-state index contributed by atoms with van der Waals surface area (Å²) in [5.41, 5.74) is 0.189. The first kappa shape index (κ1) is 29.5. The second kappa shape index (κ2) is 11.7. The van der Waals surface area contributed by atoms with Crippen molar-refractivity contribution in [2.75, 3.05) is 18.4 Å². The van der Waals surface area contributed by atoms with Crippen LogP contribution in [0.5, 0.6) is 11.5 Å². The third kappa shape index (κ3) is 5.71. The van der Waals surface area contributed by atoms with Crippen LogP contribution in [0.25, 0.3) is 11.5 Å². The number of ether oxygens (including phenoxy) is 3. The maximum atomic E-state index is 15.1. The van der Waals surface area contributed by atoms with Gasteiger partial charge in [0, 0.05) is 36.3 Å². The predicted octanol–water partition coefficient (Wildman–Crippen LogP) is 4.35. The van der Waals surface area contributed by atoms with Crippen LogP contribution in [0, 0.1) is 11.6 Å². The molecule has 1 aliphatic rings. The molecule has 3 aromatic heterocycles. The molecule has 1 N–H and O–H groups in total. The van der Waals surface area contributed by atoms with E-state index in [4.69, 9.17) is 25.8 Å². The summed E-state index contributed by atoms with van der Waals surface area (Å²) in [7, 11) is -2.86. The Morgan fingerprint density at radius 2 is 1.86 bits per heavy atom. The van der Waals surface area contributed by atoms with Crippen molar-refractivity contribution in [1.82, 2.24) is 29.7 Å². The Morgan fingerprint density at radius 3 is 2.52 bits per heavy atom. The predicted molar refractivity (Wildman–Crippen MR) is 148 cm³/mol. The summed E-state index contributed by atoms with van der Waals surface area (Å²) in [6.07, 6.45) is 2.66. The Balaban J connectivity index is 1.60. The lowest BCUT2D eigenvalue weighted by Crippen LogP contribution is -2.35. The summed E-state index contributed by atoms with van der Waals surface area (Å²) in [5.74, 6) is -1.22. The number of aromatic nitrogens is 6. The van der Waals surface area contributed by atoms with Crippen molar-refractivity contribution in [3.63, 3.8) is 0 Å². The summed E-state index contributed by atoms with van der Waals surface area (Å²) in [6.45, 7) is 4.70. The van der Waals surface area contributed by atoms with E-state index < -0.39 is 39.1 Å². The van der Waals surface area contributed by atoms with Crippen LogP contribution in [0.2, 0.25) is 5.02 Å². The monoisotopic (exact) mass is 621 g/mol. The number of methoxy groups -OCH3 is 1. The smallest absolute Gasteiger partial charge is 0.240 e. The summed E-state index contributed by atoms with van der Waals surface area (Å²) in [6, 6.07) is 3.59. The Labute approximate surface area is 245 Å². The maximum Gasteiger partial charge on any atom is 0.240 e. The van der Waals surface area contributed by atoms with Crippen LogP contribution in [-0.4, -0.2) is 63.2 Å². The van der Waals surface area contributed by atoms with E-state index in [0.29, 0.717) is 5.75 Å². The van der Waals surface area contributed by atoms with Gasteiger partial charge in [-0.15, -0.1) is 10.2 Å². The van der Waals surface area contributed by atoms with Gasteiger partial charge in [0.05, 0.1) is 18.2 Å². The number of anilines is 1. The highest BCUT2D eigenvalue weighted by Crippen LogP contribution is 2.42. The molecule has 5 rings (SSSR count). The first-order valence-corrected chi connectivity index (χ1v) is 14.6. The fourth-order valence-corrected chi connectivity index (χ4v) is 5.66. The number of nitrogens with zero attached hydrogens (tertiary/aromatic N) is 6. The normalized spacial score (nSPS) is 16.1. The largest absolute Gasteiger partial charge is 0.493 e. The molecule has 4 aromatic rings. The minimum atomic E-state index is -4.30. The van der Waals surface area contributed by atoms with E-state index >= 15 is 4.39 Å². The SMILES string of the molecule is COc1ccnc2c1OC[C@@H](c1ccc(F)cc1F)n1c(NS(=O)(=O)[C@@H](C)[C@@H](OC(C)C)c3ncc(Cl)cn3)nnc1-2. The van der Waals surface area contributed by atoms with Gasteiger partial charge in [-0.25, -0.2) is 32.2 Å². The Kier molecular flexibility index (Phi) is 8.25. The number of nitrogens with one attached hydrogen (secondary N) is 1. The van der Waals surface area contributed by atoms with E-state index in [2.05, 4.69) is 29.9 Å². The molecule has 0 radical (unpaired) electrons. The molecular formula is C26H26ClF2N7O5S. The summed E-state index contributed by atoms with van der Waals surface area (Å²) >= 11 is 5.92. The van der Waals surface area contributed by atoms with E-state index in [-0.39, 0.29) is 52.3 Å². The van der Waals surface area contributed by atoms with Crippen LogP contribution in [0.4, 0.5) is 14.7 Å². The second-order valence-corrected chi connectivity index (χ2v) is 12.1. The van der Waals surface area contributed by atoms with E-state index in [1.807, 2.05) is 0 Å². The number of fused-ring (bicyclic) bond motifs is 3. The minimum Gasteiger partial charge on any atom is -0.493 e. The minimum absolute atomic E-state index is 0.00769. The van der Waals surface area contributed by atoms with Gasteiger partial charge in [0.2, 0.25) is 16.0 Å². The number of rotatable bonds is 9. The lowest BCUT2D eigenvalue weighted by molar-refractivity contribution is 0.00154. The van der Waals surface area contributed by atoms with Crippen LogP contribution in [-0.2, 0) is 14.8 Å². The number of halogens is 3.